The lowest BCUT2D eigenvalue weighted by atomic mass is 9.98. The fourth-order valence-electron chi connectivity index (χ4n) is 3.38. The van der Waals surface area contributed by atoms with Gasteiger partial charge < -0.3 is 14.8 Å². The van der Waals surface area contributed by atoms with E-state index in [1.807, 2.05) is 49.1 Å². The monoisotopic (exact) mass is 364 g/mol. The van der Waals surface area contributed by atoms with Gasteiger partial charge in [0.05, 0.1) is 29.3 Å². The van der Waals surface area contributed by atoms with E-state index < -0.39 is 5.63 Å². The van der Waals surface area contributed by atoms with E-state index in [0.717, 1.165) is 16.9 Å². The van der Waals surface area contributed by atoms with Crippen LogP contribution in [0, 0.1) is 13.8 Å². The van der Waals surface area contributed by atoms with Crippen molar-refractivity contribution in [1.82, 2.24) is 9.78 Å². The van der Waals surface area contributed by atoms with Crippen molar-refractivity contribution >= 4 is 17.1 Å². The Hall–Kier alpha value is -3.35. The highest BCUT2D eigenvalue weighted by molar-refractivity contribution is 6.05. The maximum Gasteiger partial charge on any atom is 0.348 e. The molecular weight excluding hydrogens is 344 g/mol. The van der Waals surface area contributed by atoms with Gasteiger partial charge in [0.1, 0.15) is 17.1 Å². The molecule has 1 aliphatic heterocycles. The summed E-state index contributed by atoms with van der Waals surface area (Å²) in [5.74, 6) is 0.234. The van der Waals surface area contributed by atoms with Crippen LogP contribution in [0.25, 0.3) is 0 Å². The first-order chi connectivity index (χ1) is 12.9. The molecule has 3 aromatic rings. The van der Waals surface area contributed by atoms with Crippen molar-refractivity contribution in [2.45, 2.75) is 26.3 Å². The summed E-state index contributed by atoms with van der Waals surface area (Å²) >= 11 is 0. The van der Waals surface area contributed by atoms with Crippen LogP contribution < -0.4 is 10.9 Å². The first-order valence-electron chi connectivity index (χ1n) is 8.69. The Morgan fingerprint density at radius 1 is 1.30 bits per heavy atom. The second kappa shape index (κ2) is 6.42. The number of rotatable bonds is 2. The Kier molecular flexibility index (Phi) is 4.07. The summed E-state index contributed by atoms with van der Waals surface area (Å²) in [6, 6.07) is 8.91. The van der Waals surface area contributed by atoms with Crippen LogP contribution >= 0.6 is 0 Å². The number of nitrogens with one attached hydrogen (secondary N) is 1. The number of aromatic hydroxyl groups is 1. The number of aromatic nitrogens is 2. The SMILES string of the molecule is Cc1cc(O)c(C2=Nc3ccccc3N[C@@H](c3cnn(C)c3C)C2)c(=O)o1. The zero-order valence-corrected chi connectivity index (χ0v) is 15.4. The van der Waals surface area contributed by atoms with E-state index in [9.17, 15) is 9.90 Å². The molecule has 0 spiro atoms. The quantitative estimate of drug-likeness (QED) is 0.727. The third-order valence-electron chi connectivity index (χ3n) is 4.88. The van der Waals surface area contributed by atoms with Gasteiger partial charge in [0.25, 0.3) is 0 Å². The zero-order chi connectivity index (χ0) is 19.1. The lowest BCUT2D eigenvalue weighted by Gasteiger charge is -2.18. The summed E-state index contributed by atoms with van der Waals surface area (Å²) in [6.07, 6.45) is 2.22. The number of para-hydroxylation sites is 2. The van der Waals surface area contributed by atoms with Crippen molar-refractivity contribution in [2.75, 3.05) is 5.32 Å². The van der Waals surface area contributed by atoms with E-state index in [-0.39, 0.29) is 17.4 Å². The minimum Gasteiger partial charge on any atom is -0.507 e. The van der Waals surface area contributed by atoms with Crippen LogP contribution in [0.4, 0.5) is 11.4 Å². The number of hydrogen-bond donors (Lipinski definition) is 2. The largest absolute Gasteiger partial charge is 0.507 e. The van der Waals surface area contributed by atoms with Crippen LogP contribution in [-0.2, 0) is 7.05 Å². The Morgan fingerprint density at radius 2 is 2.07 bits per heavy atom. The van der Waals surface area contributed by atoms with E-state index in [1.165, 1.54) is 6.07 Å². The summed E-state index contributed by atoms with van der Waals surface area (Å²) in [4.78, 5) is 17.1. The normalized spacial score (nSPS) is 16.3. The van der Waals surface area contributed by atoms with Gasteiger partial charge in [-0.15, -0.1) is 0 Å². The number of fused-ring (bicyclic) bond motifs is 1. The molecule has 2 N–H and O–H groups in total. The fourth-order valence-corrected chi connectivity index (χ4v) is 3.38. The number of anilines is 1. The Morgan fingerprint density at radius 3 is 2.78 bits per heavy atom. The van der Waals surface area contributed by atoms with E-state index in [0.29, 0.717) is 23.6 Å². The smallest absolute Gasteiger partial charge is 0.348 e. The van der Waals surface area contributed by atoms with Crippen molar-refractivity contribution in [2.24, 2.45) is 12.0 Å². The average molecular weight is 364 g/mol. The van der Waals surface area contributed by atoms with E-state index >= 15 is 0 Å². The second-order valence-corrected chi connectivity index (χ2v) is 6.69. The Bertz CT molecular complexity index is 1110. The molecule has 1 atom stereocenters. The summed E-state index contributed by atoms with van der Waals surface area (Å²) in [5.41, 5.74) is 3.59. The molecule has 0 amide bonds. The highest BCUT2D eigenvalue weighted by Gasteiger charge is 2.27. The predicted molar refractivity (Wildman–Crippen MR) is 103 cm³/mol. The van der Waals surface area contributed by atoms with Crippen LogP contribution in [0.1, 0.15) is 35.0 Å². The molecule has 1 aromatic carbocycles. The van der Waals surface area contributed by atoms with Gasteiger partial charge in [-0.25, -0.2) is 4.79 Å². The zero-order valence-electron chi connectivity index (χ0n) is 15.4. The van der Waals surface area contributed by atoms with Gasteiger partial charge in [0, 0.05) is 30.8 Å². The molecule has 0 radical (unpaired) electrons. The van der Waals surface area contributed by atoms with Gasteiger partial charge in [0.2, 0.25) is 0 Å². The average Bonchev–Trinajstić information content (AvgIpc) is 2.84. The molecule has 7 heteroatoms. The molecule has 7 nitrogen and oxygen atoms in total. The highest BCUT2D eigenvalue weighted by atomic mass is 16.4. The van der Waals surface area contributed by atoms with Gasteiger partial charge in [-0.3, -0.25) is 9.67 Å². The minimum absolute atomic E-state index is 0.102. The summed E-state index contributed by atoms with van der Waals surface area (Å²) in [7, 11) is 1.89. The van der Waals surface area contributed by atoms with Crippen LogP contribution in [0.3, 0.4) is 0 Å². The molecule has 0 unspecified atom stereocenters. The summed E-state index contributed by atoms with van der Waals surface area (Å²) in [5, 5.41) is 18.2. The molecule has 3 heterocycles. The highest BCUT2D eigenvalue weighted by Crippen LogP contribution is 2.36. The Labute approximate surface area is 156 Å². The van der Waals surface area contributed by atoms with Crippen molar-refractivity contribution in [3.05, 3.63) is 69.5 Å². The number of aliphatic imine (C=N–C) groups is 1. The molecule has 0 bridgehead atoms. The lowest BCUT2D eigenvalue weighted by molar-refractivity contribution is 0.432. The van der Waals surface area contributed by atoms with Crippen molar-refractivity contribution in [3.63, 3.8) is 0 Å². The molecule has 27 heavy (non-hydrogen) atoms. The van der Waals surface area contributed by atoms with Crippen LogP contribution in [-0.4, -0.2) is 20.6 Å². The van der Waals surface area contributed by atoms with Crippen molar-refractivity contribution in [3.8, 4) is 5.75 Å². The molecule has 0 saturated heterocycles. The van der Waals surface area contributed by atoms with Gasteiger partial charge >= 0.3 is 5.63 Å². The van der Waals surface area contributed by atoms with E-state index in [1.54, 1.807) is 6.92 Å². The maximum absolute atomic E-state index is 12.5. The Balaban J connectivity index is 1.89. The predicted octanol–water partition coefficient (Wildman–Crippen LogP) is 3.37. The van der Waals surface area contributed by atoms with Crippen LogP contribution in [0.5, 0.6) is 5.75 Å². The molecule has 1 aliphatic rings. The molecule has 0 saturated carbocycles. The number of aryl methyl sites for hydroxylation is 2. The molecule has 2 aromatic heterocycles. The second-order valence-electron chi connectivity index (χ2n) is 6.69. The van der Waals surface area contributed by atoms with Crippen LogP contribution in [0.15, 0.2) is 50.7 Å². The topological polar surface area (TPSA) is 92.7 Å². The number of hydrogen-bond acceptors (Lipinski definition) is 6. The lowest BCUT2D eigenvalue weighted by Crippen LogP contribution is -2.20. The standard InChI is InChI=1S/C20H20N4O3/c1-11-8-18(25)19(20(26)27-11)17-9-16(13-10-21-24(3)12(13)2)22-14-6-4-5-7-15(14)23-17/h4-8,10,16,22,25H,9H2,1-3H3/t16-/m1/s1. The van der Waals surface area contributed by atoms with Gasteiger partial charge in [-0.2, -0.15) is 5.10 Å². The molecule has 0 fully saturated rings. The maximum atomic E-state index is 12.5. The molecule has 138 valence electrons. The molecular formula is C20H20N4O3. The van der Waals surface area contributed by atoms with Gasteiger partial charge in [-0.05, 0) is 26.0 Å². The van der Waals surface area contributed by atoms with E-state index in [2.05, 4.69) is 15.4 Å². The molecule has 0 aliphatic carbocycles. The van der Waals surface area contributed by atoms with Crippen LogP contribution in [0.2, 0.25) is 0 Å². The van der Waals surface area contributed by atoms with Crippen molar-refractivity contribution < 1.29 is 9.52 Å². The number of benzene rings is 1. The van der Waals surface area contributed by atoms with Gasteiger partial charge in [-0.1, -0.05) is 12.1 Å². The van der Waals surface area contributed by atoms with E-state index in [4.69, 9.17) is 4.42 Å². The minimum atomic E-state index is -0.590. The van der Waals surface area contributed by atoms with Crippen molar-refractivity contribution in [1.29, 1.82) is 0 Å². The summed E-state index contributed by atoms with van der Waals surface area (Å²) < 4.78 is 7.01. The number of nitrogens with zero attached hydrogens (tertiary/aromatic N) is 3. The molecule has 4 rings (SSSR count). The first-order valence-corrected chi connectivity index (χ1v) is 8.69. The summed E-state index contributed by atoms with van der Waals surface area (Å²) in [6.45, 7) is 3.62. The third-order valence-corrected chi connectivity index (χ3v) is 4.88. The van der Waals surface area contributed by atoms with Gasteiger partial charge in [0.15, 0.2) is 0 Å². The first kappa shape index (κ1) is 17.1. The third kappa shape index (κ3) is 3.01. The fraction of sp³-hybridized carbons (Fsp3) is 0.250.